The molecule has 1 aromatic heterocycles. The number of hydrogen-bond acceptors (Lipinski definition) is 5. The second-order valence-corrected chi connectivity index (χ2v) is 6.08. The zero-order chi connectivity index (χ0) is 19.3. The predicted molar refractivity (Wildman–Crippen MR) is 93.0 cm³/mol. The second kappa shape index (κ2) is 8.25. The molecule has 0 unspecified atom stereocenters. The number of halogens is 3. The molecule has 0 radical (unpaired) electrons. The number of aromatic nitrogens is 2. The van der Waals surface area contributed by atoms with Gasteiger partial charge >= 0.3 is 12.2 Å². The van der Waals surface area contributed by atoms with Crippen LogP contribution in [0.2, 0.25) is 0 Å². The number of benzene rings is 1. The van der Waals surface area contributed by atoms with Crippen molar-refractivity contribution in [3.63, 3.8) is 0 Å². The van der Waals surface area contributed by atoms with Crippen LogP contribution in [-0.4, -0.2) is 30.2 Å². The Balaban J connectivity index is 2.39. The molecule has 5 nitrogen and oxygen atoms in total. The maximum Gasteiger partial charge on any atom is 0.421 e. The van der Waals surface area contributed by atoms with E-state index in [0.717, 1.165) is 6.20 Å². The smallest absolute Gasteiger partial charge is 0.421 e. The molecule has 0 amide bonds. The zero-order valence-electron chi connectivity index (χ0n) is 15.2. The molecule has 0 aliphatic heterocycles. The first kappa shape index (κ1) is 19.8. The van der Waals surface area contributed by atoms with Gasteiger partial charge in [-0.2, -0.15) is 18.2 Å². The molecular formula is C18H22F3N3O2. The van der Waals surface area contributed by atoms with E-state index in [4.69, 9.17) is 9.47 Å². The first-order chi connectivity index (χ1) is 12.2. The van der Waals surface area contributed by atoms with E-state index < -0.39 is 11.7 Å². The molecule has 0 aliphatic rings. The van der Waals surface area contributed by atoms with E-state index in [1.54, 1.807) is 31.2 Å². The molecule has 0 bridgehead atoms. The molecule has 8 heteroatoms. The van der Waals surface area contributed by atoms with Crippen molar-refractivity contribution in [2.75, 3.05) is 25.2 Å². The summed E-state index contributed by atoms with van der Waals surface area (Å²) in [6.45, 7) is 6.51. The highest BCUT2D eigenvalue weighted by Gasteiger charge is 2.36. The van der Waals surface area contributed by atoms with E-state index >= 15 is 0 Å². The summed E-state index contributed by atoms with van der Waals surface area (Å²) in [5, 5.41) is 0. The minimum Gasteiger partial charge on any atom is -0.493 e. The zero-order valence-corrected chi connectivity index (χ0v) is 15.2. The van der Waals surface area contributed by atoms with Crippen LogP contribution in [0.5, 0.6) is 11.8 Å². The predicted octanol–water partition coefficient (Wildman–Crippen LogP) is 4.70. The van der Waals surface area contributed by atoms with Crippen molar-refractivity contribution < 1.29 is 22.6 Å². The fourth-order valence-corrected chi connectivity index (χ4v) is 2.18. The molecule has 0 N–H and O–H groups in total. The van der Waals surface area contributed by atoms with Crippen LogP contribution in [0.15, 0.2) is 30.5 Å². The van der Waals surface area contributed by atoms with Crippen LogP contribution in [0.1, 0.15) is 26.3 Å². The fraction of sp³-hybridized carbons (Fsp3) is 0.444. The number of rotatable bonds is 7. The minimum absolute atomic E-state index is 0.102. The van der Waals surface area contributed by atoms with Gasteiger partial charge in [0.25, 0.3) is 0 Å². The molecule has 0 aliphatic carbocycles. The van der Waals surface area contributed by atoms with E-state index in [0.29, 0.717) is 24.0 Å². The summed E-state index contributed by atoms with van der Waals surface area (Å²) in [7, 11) is 1.51. The number of ether oxygens (including phenoxy) is 2. The van der Waals surface area contributed by atoms with Gasteiger partial charge in [0, 0.05) is 25.0 Å². The lowest BCUT2D eigenvalue weighted by Gasteiger charge is -2.23. The molecule has 2 rings (SSSR count). The third-order valence-electron chi connectivity index (χ3n) is 3.43. The van der Waals surface area contributed by atoms with Crippen LogP contribution in [-0.2, 0) is 6.18 Å². The Morgan fingerprint density at radius 1 is 1.19 bits per heavy atom. The van der Waals surface area contributed by atoms with Crippen LogP contribution in [0.3, 0.4) is 0 Å². The van der Waals surface area contributed by atoms with E-state index in [1.807, 2.05) is 13.8 Å². The Hall–Kier alpha value is -2.51. The highest BCUT2D eigenvalue weighted by molar-refractivity contribution is 5.64. The minimum atomic E-state index is -4.58. The Bertz CT molecular complexity index is 736. The van der Waals surface area contributed by atoms with Crippen LogP contribution in [0.4, 0.5) is 24.7 Å². The third-order valence-corrected chi connectivity index (χ3v) is 3.43. The normalized spacial score (nSPS) is 11.5. The molecular weight excluding hydrogens is 347 g/mol. The molecule has 1 aromatic carbocycles. The van der Waals surface area contributed by atoms with Gasteiger partial charge in [0.1, 0.15) is 11.3 Å². The summed E-state index contributed by atoms with van der Waals surface area (Å²) in [4.78, 5) is 8.92. The van der Waals surface area contributed by atoms with Crippen molar-refractivity contribution in [2.45, 2.75) is 26.9 Å². The van der Waals surface area contributed by atoms with Gasteiger partial charge in [0.2, 0.25) is 0 Å². The van der Waals surface area contributed by atoms with Gasteiger partial charge < -0.3 is 14.4 Å². The lowest BCUT2D eigenvalue weighted by Crippen LogP contribution is -2.19. The first-order valence-electron chi connectivity index (χ1n) is 8.26. The van der Waals surface area contributed by atoms with E-state index in [9.17, 15) is 13.2 Å². The van der Waals surface area contributed by atoms with E-state index in [-0.39, 0.29) is 18.4 Å². The fourth-order valence-electron chi connectivity index (χ4n) is 2.18. The number of nitrogens with zero attached hydrogens (tertiary/aromatic N) is 3. The highest BCUT2D eigenvalue weighted by Crippen LogP contribution is 2.38. The first-order valence-corrected chi connectivity index (χ1v) is 8.26. The van der Waals surface area contributed by atoms with Gasteiger partial charge in [-0.25, -0.2) is 4.98 Å². The summed E-state index contributed by atoms with van der Waals surface area (Å²) in [5.41, 5.74) is -0.421. The molecule has 26 heavy (non-hydrogen) atoms. The molecule has 0 spiro atoms. The van der Waals surface area contributed by atoms with E-state index in [1.165, 1.54) is 11.9 Å². The Labute approximate surface area is 150 Å². The molecule has 2 aromatic rings. The van der Waals surface area contributed by atoms with E-state index in [2.05, 4.69) is 9.97 Å². The van der Waals surface area contributed by atoms with Crippen molar-refractivity contribution in [3.05, 3.63) is 36.0 Å². The van der Waals surface area contributed by atoms with Crippen molar-refractivity contribution in [1.29, 1.82) is 0 Å². The van der Waals surface area contributed by atoms with Gasteiger partial charge in [-0.15, -0.1) is 0 Å². The summed E-state index contributed by atoms with van der Waals surface area (Å²) in [6, 6.07) is 6.74. The Morgan fingerprint density at radius 2 is 1.92 bits per heavy atom. The van der Waals surface area contributed by atoms with Gasteiger partial charge in [0.05, 0.1) is 13.2 Å². The maximum absolute atomic E-state index is 13.4. The largest absolute Gasteiger partial charge is 0.493 e. The third kappa shape index (κ3) is 5.00. The van der Waals surface area contributed by atoms with Crippen LogP contribution in [0.25, 0.3) is 0 Å². The summed E-state index contributed by atoms with van der Waals surface area (Å²) in [6.07, 6.45) is -3.84. The highest BCUT2D eigenvalue weighted by atomic mass is 19.4. The summed E-state index contributed by atoms with van der Waals surface area (Å²) >= 11 is 0. The van der Waals surface area contributed by atoms with Crippen LogP contribution >= 0.6 is 0 Å². The van der Waals surface area contributed by atoms with Gasteiger partial charge in [-0.3, -0.25) is 0 Å². The molecule has 0 fully saturated rings. The van der Waals surface area contributed by atoms with Crippen molar-refractivity contribution in [2.24, 2.45) is 5.92 Å². The van der Waals surface area contributed by atoms with Crippen LogP contribution in [0, 0.1) is 5.92 Å². The molecule has 0 atom stereocenters. The van der Waals surface area contributed by atoms with Gasteiger partial charge in [-0.1, -0.05) is 19.9 Å². The maximum atomic E-state index is 13.4. The molecule has 142 valence electrons. The number of hydrogen-bond donors (Lipinski definition) is 0. The molecule has 0 saturated carbocycles. The van der Waals surface area contributed by atoms with Gasteiger partial charge in [-0.05, 0) is 25.0 Å². The summed E-state index contributed by atoms with van der Waals surface area (Å²) in [5.74, 6) is 0.636. The number of anilines is 2. The Morgan fingerprint density at radius 3 is 2.54 bits per heavy atom. The van der Waals surface area contributed by atoms with Crippen molar-refractivity contribution in [3.8, 4) is 11.8 Å². The second-order valence-electron chi connectivity index (χ2n) is 6.08. The SMILES string of the molecule is CCOc1ncc(C(F)(F)F)c(N(C)c2cccc(OCC(C)C)c2)n1. The standard InChI is InChI=1S/C18H22F3N3O2/c1-5-25-17-22-10-15(18(19,20)21)16(23-17)24(4)13-7-6-8-14(9-13)26-11-12(2)3/h6-10,12H,5,11H2,1-4H3. The van der Waals surface area contributed by atoms with Gasteiger partial charge in [0.15, 0.2) is 5.82 Å². The average molecular weight is 369 g/mol. The van der Waals surface area contributed by atoms with Crippen LogP contribution < -0.4 is 14.4 Å². The topological polar surface area (TPSA) is 47.5 Å². The molecule has 1 heterocycles. The monoisotopic (exact) mass is 369 g/mol. The molecule has 0 saturated heterocycles. The lowest BCUT2D eigenvalue weighted by atomic mass is 10.2. The quantitative estimate of drug-likeness (QED) is 0.708. The number of alkyl halides is 3. The van der Waals surface area contributed by atoms with Crippen molar-refractivity contribution >= 4 is 11.5 Å². The summed E-state index contributed by atoms with van der Waals surface area (Å²) < 4.78 is 50.9. The van der Waals surface area contributed by atoms with Crippen molar-refractivity contribution in [1.82, 2.24) is 9.97 Å². The average Bonchev–Trinajstić information content (AvgIpc) is 2.59. The lowest BCUT2D eigenvalue weighted by molar-refractivity contribution is -0.137. The Kier molecular flexibility index (Phi) is 6.28.